The summed E-state index contributed by atoms with van der Waals surface area (Å²) >= 11 is 0. The second kappa shape index (κ2) is 8.10. The number of nitrogens with two attached hydrogens (primary N) is 1. The van der Waals surface area contributed by atoms with E-state index in [4.69, 9.17) is 5.73 Å². The van der Waals surface area contributed by atoms with Crippen LogP contribution >= 0.6 is 12.4 Å². The molecule has 8 heteroatoms. The van der Waals surface area contributed by atoms with E-state index in [-0.39, 0.29) is 35.2 Å². The number of halogens is 1. The van der Waals surface area contributed by atoms with Crippen molar-refractivity contribution < 1.29 is 13.2 Å². The van der Waals surface area contributed by atoms with Crippen LogP contribution in [0.2, 0.25) is 0 Å². The van der Waals surface area contributed by atoms with E-state index in [1.54, 1.807) is 24.3 Å². The first-order chi connectivity index (χ1) is 10.3. The van der Waals surface area contributed by atoms with Gasteiger partial charge in [0.15, 0.2) is 0 Å². The highest BCUT2D eigenvalue weighted by molar-refractivity contribution is 7.89. The van der Waals surface area contributed by atoms with Crippen molar-refractivity contribution in [2.75, 3.05) is 14.1 Å². The van der Waals surface area contributed by atoms with Gasteiger partial charge in [-0.2, -0.15) is 0 Å². The number of rotatable bonds is 5. The fraction of sp³-hybridized carbons (Fsp3) is 0.533. The van der Waals surface area contributed by atoms with Crippen molar-refractivity contribution in [3.05, 3.63) is 29.8 Å². The molecular formula is C15H24ClN3O3S. The third-order valence-corrected chi connectivity index (χ3v) is 5.84. The number of hydrogen-bond acceptors (Lipinski definition) is 4. The second-order valence-electron chi connectivity index (χ2n) is 5.92. The Labute approximate surface area is 143 Å². The molecule has 1 amide bonds. The maximum atomic E-state index is 12.0. The lowest BCUT2D eigenvalue weighted by Gasteiger charge is -2.13. The number of hydrogen-bond donors (Lipinski definition) is 2. The molecule has 0 aromatic heterocycles. The maximum Gasteiger partial charge on any atom is 0.242 e. The van der Waals surface area contributed by atoms with E-state index in [2.05, 4.69) is 5.32 Å². The van der Waals surface area contributed by atoms with Crippen molar-refractivity contribution in [2.45, 2.75) is 36.7 Å². The molecule has 0 saturated heterocycles. The summed E-state index contributed by atoms with van der Waals surface area (Å²) in [6, 6.07) is 6.69. The Bertz CT molecular complexity index is 632. The van der Waals surface area contributed by atoms with Crippen LogP contribution in [-0.2, 0) is 21.4 Å². The minimum Gasteiger partial charge on any atom is -0.352 e. The van der Waals surface area contributed by atoms with Gasteiger partial charge in [0.2, 0.25) is 15.9 Å². The van der Waals surface area contributed by atoms with Crippen LogP contribution in [0.15, 0.2) is 29.2 Å². The average Bonchev–Trinajstić information content (AvgIpc) is 2.91. The van der Waals surface area contributed by atoms with Crippen molar-refractivity contribution >= 4 is 28.3 Å². The normalized spacial score (nSPS) is 21.0. The van der Waals surface area contributed by atoms with Gasteiger partial charge < -0.3 is 11.1 Å². The van der Waals surface area contributed by atoms with Crippen LogP contribution in [0, 0.1) is 5.92 Å². The fourth-order valence-electron chi connectivity index (χ4n) is 2.58. The molecule has 1 aromatic carbocycles. The minimum absolute atomic E-state index is 0. The first-order valence-corrected chi connectivity index (χ1v) is 8.79. The molecule has 6 nitrogen and oxygen atoms in total. The summed E-state index contributed by atoms with van der Waals surface area (Å²) < 4.78 is 25.1. The van der Waals surface area contributed by atoms with Crippen molar-refractivity contribution in [1.82, 2.24) is 9.62 Å². The highest BCUT2D eigenvalue weighted by atomic mass is 35.5. The summed E-state index contributed by atoms with van der Waals surface area (Å²) in [6.07, 6.45) is 2.48. The Morgan fingerprint density at radius 2 is 1.87 bits per heavy atom. The Kier molecular flexibility index (Phi) is 7.01. The van der Waals surface area contributed by atoms with Gasteiger partial charge in [0.05, 0.1) is 4.90 Å². The van der Waals surface area contributed by atoms with Crippen LogP contribution in [0.25, 0.3) is 0 Å². The molecule has 3 N–H and O–H groups in total. The number of carbonyl (C=O) groups excluding carboxylic acids is 1. The highest BCUT2D eigenvalue weighted by Crippen LogP contribution is 2.24. The van der Waals surface area contributed by atoms with Crippen LogP contribution in [0.5, 0.6) is 0 Å². The number of benzene rings is 1. The maximum absolute atomic E-state index is 12.0. The van der Waals surface area contributed by atoms with Crippen molar-refractivity contribution in [2.24, 2.45) is 11.7 Å². The van der Waals surface area contributed by atoms with Gasteiger partial charge in [0.25, 0.3) is 0 Å². The van der Waals surface area contributed by atoms with E-state index in [0.29, 0.717) is 6.54 Å². The lowest BCUT2D eigenvalue weighted by molar-refractivity contribution is -0.125. The number of sulfonamides is 1. The van der Waals surface area contributed by atoms with Crippen LogP contribution in [0.4, 0.5) is 0 Å². The molecule has 0 bridgehead atoms. The summed E-state index contributed by atoms with van der Waals surface area (Å²) in [7, 11) is -0.420. The Hall–Kier alpha value is -1.15. The summed E-state index contributed by atoms with van der Waals surface area (Å²) in [5, 5.41) is 2.89. The Balaban J connectivity index is 0.00000264. The standard InChI is InChI=1S/C15H23N3O3S.ClH/c1-18(2)22(20,21)14-7-3-11(4-8-14)10-17-15(19)12-5-6-13(16)9-12;/h3-4,7-8,12-13H,5-6,9-10,16H2,1-2H3,(H,17,19);1H. The average molecular weight is 362 g/mol. The summed E-state index contributed by atoms with van der Waals surface area (Å²) in [4.78, 5) is 12.3. The first-order valence-electron chi connectivity index (χ1n) is 7.35. The van der Waals surface area contributed by atoms with Gasteiger partial charge in [-0.05, 0) is 37.0 Å². The summed E-state index contributed by atoms with van der Waals surface area (Å²) in [6.45, 7) is 0.396. The molecule has 2 rings (SSSR count). The van der Waals surface area contributed by atoms with Crippen LogP contribution in [-0.4, -0.2) is 38.8 Å². The van der Waals surface area contributed by atoms with Crippen molar-refractivity contribution in [3.63, 3.8) is 0 Å². The van der Waals surface area contributed by atoms with Gasteiger partial charge in [0.1, 0.15) is 0 Å². The van der Waals surface area contributed by atoms with Crippen molar-refractivity contribution in [1.29, 1.82) is 0 Å². The van der Waals surface area contributed by atoms with Gasteiger partial charge in [-0.1, -0.05) is 12.1 Å². The number of amides is 1. The molecule has 1 fully saturated rings. The first kappa shape index (κ1) is 19.9. The Morgan fingerprint density at radius 1 is 1.26 bits per heavy atom. The predicted molar refractivity (Wildman–Crippen MR) is 91.7 cm³/mol. The van der Waals surface area contributed by atoms with Gasteiger partial charge >= 0.3 is 0 Å². The van der Waals surface area contributed by atoms with Gasteiger partial charge in [0, 0.05) is 32.6 Å². The van der Waals surface area contributed by atoms with E-state index in [1.165, 1.54) is 18.4 Å². The molecule has 1 aliphatic rings. The molecule has 0 radical (unpaired) electrons. The largest absolute Gasteiger partial charge is 0.352 e. The zero-order chi connectivity index (χ0) is 16.3. The van der Waals surface area contributed by atoms with E-state index in [1.807, 2.05) is 0 Å². The van der Waals surface area contributed by atoms with E-state index in [9.17, 15) is 13.2 Å². The van der Waals surface area contributed by atoms with Crippen molar-refractivity contribution in [3.8, 4) is 0 Å². The molecule has 23 heavy (non-hydrogen) atoms. The zero-order valence-electron chi connectivity index (χ0n) is 13.4. The quantitative estimate of drug-likeness (QED) is 0.821. The molecule has 0 aliphatic heterocycles. The molecule has 0 spiro atoms. The van der Waals surface area contributed by atoms with Crippen LogP contribution < -0.4 is 11.1 Å². The topological polar surface area (TPSA) is 92.5 Å². The predicted octanol–water partition coefficient (Wildman–Crippen LogP) is 1.10. The smallest absolute Gasteiger partial charge is 0.242 e. The van der Waals surface area contributed by atoms with E-state index >= 15 is 0 Å². The second-order valence-corrected chi connectivity index (χ2v) is 8.07. The molecule has 0 heterocycles. The highest BCUT2D eigenvalue weighted by Gasteiger charge is 2.27. The zero-order valence-corrected chi connectivity index (χ0v) is 15.0. The fourth-order valence-corrected chi connectivity index (χ4v) is 3.48. The molecule has 1 aliphatic carbocycles. The Morgan fingerprint density at radius 3 is 2.35 bits per heavy atom. The molecule has 130 valence electrons. The van der Waals surface area contributed by atoms with Crippen LogP contribution in [0.3, 0.4) is 0 Å². The van der Waals surface area contributed by atoms with Gasteiger partial charge in [-0.15, -0.1) is 12.4 Å². The number of nitrogens with zero attached hydrogens (tertiary/aromatic N) is 1. The summed E-state index contributed by atoms with van der Waals surface area (Å²) in [5.74, 6) is 0.0290. The molecule has 2 unspecified atom stereocenters. The third-order valence-electron chi connectivity index (χ3n) is 4.01. The SMILES string of the molecule is CN(C)S(=O)(=O)c1ccc(CNC(=O)C2CCC(N)C2)cc1.Cl. The third kappa shape index (κ3) is 4.91. The molecule has 1 aromatic rings. The summed E-state index contributed by atoms with van der Waals surface area (Å²) in [5.41, 5.74) is 6.68. The van der Waals surface area contributed by atoms with E-state index < -0.39 is 10.0 Å². The lowest BCUT2D eigenvalue weighted by Crippen LogP contribution is -2.30. The number of carbonyl (C=O) groups is 1. The van der Waals surface area contributed by atoms with Gasteiger partial charge in [-0.3, -0.25) is 4.79 Å². The number of nitrogens with one attached hydrogen (secondary N) is 1. The molecule has 2 atom stereocenters. The monoisotopic (exact) mass is 361 g/mol. The molecule has 1 saturated carbocycles. The lowest BCUT2D eigenvalue weighted by atomic mass is 10.1. The van der Waals surface area contributed by atoms with Gasteiger partial charge in [-0.25, -0.2) is 12.7 Å². The minimum atomic E-state index is -3.41. The molecular weight excluding hydrogens is 338 g/mol. The van der Waals surface area contributed by atoms with Crippen LogP contribution in [0.1, 0.15) is 24.8 Å². The van der Waals surface area contributed by atoms with E-state index in [0.717, 1.165) is 24.8 Å².